The Labute approximate surface area is 108 Å². The van der Waals surface area contributed by atoms with Crippen LogP contribution < -0.4 is 4.72 Å². The molecule has 2 N–H and O–H groups in total. The highest BCUT2D eigenvalue weighted by Gasteiger charge is 2.37. The SMILES string of the molecule is CC1(C)CCCC1NS(=O)(=O)c1ccccc1O. The third kappa shape index (κ3) is 2.52. The molecule has 0 aliphatic heterocycles. The summed E-state index contributed by atoms with van der Waals surface area (Å²) < 4.78 is 27.2. The van der Waals surface area contributed by atoms with E-state index in [1.807, 2.05) is 0 Å². The second-order valence-corrected chi connectivity index (χ2v) is 7.20. The van der Waals surface area contributed by atoms with Gasteiger partial charge in [0.1, 0.15) is 10.6 Å². The molecule has 1 atom stereocenters. The number of rotatable bonds is 3. The lowest BCUT2D eigenvalue weighted by atomic mass is 9.88. The predicted molar refractivity (Wildman–Crippen MR) is 69.8 cm³/mol. The van der Waals surface area contributed by atoms with E-state index in [9.17, 15) is 13.5 Å². The van der Waals surface area contributed by atoms with Crippen molar-refractivity contribution in [2.24, 2.45) is 5.41 Å². The summed E-state index contributed by atoms with van der Waals surface area (Å²) in [7, 11) is -3.65. The van der Waals surface area contributed by atoms with Gasteiger partial charge in [-0.1, -0.05) is 32.4 Å². The van der Waals surface area contributed by atoms with Crippen LogP contribution in [0.5, 0.6) is 5.75 Å². The van der Waals surface area contributed by atoms with E-state index in [1.165, 1.54) is 12.1 Å². The van der Waals surface area contributed by atoms with Crippen molar-refractivity contribution < 1.29 is 13.5 Å². The zero-order valence-corrected chi connectivity index (χ0v) is 11.5. The molecule has 5 heteroatoms. The predicted octanol–water partition coefficient (Wildman–Crippen LogP) is 2.25. The summed E-state index contributed by atoms with van der Waals surface area (Å²) in [6, 6.07) is 5.94. The van der Waals surface area contributed by atoms with Gasteiger partial charge in [-0.15, -0.1) is 0 Å². The largest absolute Gasteiger partial charge is 0.507 e. The van der Waals surface area contributed by atoms with Gasteiger partial charge in [-0.2, -0.15) is 0 Å². The van der Waals surface area contributed by atoms with Crippen molar-refractivity contribution in [3.63, 3.8) is 0 Å². The van der Waals surface area contributed by atoms with Crippen LogP contribution in [0.15, 0.2) is 29.2 Å². The molecule has 1 aliphatic rings. The molecule has 2 rings (SSSR count). The maximum absolute atomic E-state index is 12.2. The van der Waals surface area contributed by atoms with Crippen molar-refractivity contribution in [2.45, 2.75) is 44.0 Å². The molecule has 4 nitrogen and oxygen atoms in total. The Kier molecular flexibility index (Phi) is 3.38. The molecule has 0 saturated heterocycles. The van der Waals surface area contributed by atoms with Crippen molar-refractivity contribution in [3.8, 4) is 5.75 Å². The van der Waals surface area contributed by atoms with Gasteiger partial charge < -0.3 is 5.11 Å². The number of phenolic OH excluding ortho intramolecular Hbond substituents is 1. The minimum Gasteiger partial charge on any atom is -0.507 e. The highest BCUT2D eigenvalue weighted by molar-refractivity contribution is 7.89. The minimum atomic E-state index is -3.65. The van der Waals surface area contributed by atoms with E-state index >= 15 is 0 Å². The number of benzene rings is 1. The van der Waals surface area contributed by atoms with Crippen molar-refractivity contribution in [1.82, 2.24) is 4.72 Å². The summed E-state index contributed by atoms with van der Waals surface area (Å²) in [4.78, 5) is -0.0484. The van der Waals surface area contributed by atoms with Gasteiger partial charge in [0, 0.05) is 6.04 Å². The van der Waals surface area contributed by atoms with Crippen molar-refractivity contribution in [3.05, 3.63) is 24.3 Å². The van der Waals surface area contributed by atoms with E-state index < -0.39 is 10.0 Å². The van der Waals surface area contributed by atoms with Gasteiger partial charge in [-0.3, -0.25) is 0 Å². The van der Waals surface area contributed by atoms with E-state index in [2.05, 4.69) is 18.6 Å². The van der Waals surface area contributed by atoms with E-state index in [-0.39, 0.29) is 22.1 Å². The number of aromatic hydroxyl groups is 1. The zero-order chi connectivity index (χ0) is 13.4. The number of hydrogen-bond donors (Lipinski definition) is 2. The van der Waals surface area contributed by atoms with Crippen LogP contribution in [-0.2, 0) is 10.0 Å². The molecule has 1 aromatic carbocycles. The average molecular weight is 269 g/mol. The monoisotopic (exact) mass is 269 g/mol. The summed E-state index contributed by atoms with van der Waals surface area (Å²) in [5, 5.41) is 9.63. The number of hydrogen-bond acceptors (Lipinski definition) is 3. The van der Waals surface area contributed by atoms with E-state index in [0.29, 0.717) is 0 Å². The van der Waals surface area contributed by atoms with Crippen LogP contribution in [0.2, 0.25) is 0 Å². The third-order valence-electron chi connectivity index (χ3n) is 3.71. The fourth-order valence-corrected chi connectivity index (χ4v) is 4.02. The lowest BCUT2D eigenvalue weighted by molar-refractivity contribution is 0.312. The molecule has 18 heavy (non-hydrogen) atoms. The first-order valence-corrected chi connectivity index (χ1v) is 7.61. The summed E-state index contributed by atoms with van der Waals surface area (Å²) in [5.74, 6) is -0.208. The molecule has 100 valence electrons. The molecule has 0 bridgehead atoms. The fraction of sp³-hybridized carbons (Fsp3) is 0.538. The standard InChI is InChI=1S/C13H19NO3S/c1-13(2)9-5-8-12(13)14-18(16,17)11-7-4-3-6-10(11)15/h3-4,6-7,12,14-15H,5,8-9H2,1-2H3. The van der Waals surface area contributed by atoms with Crippen LogP contribution in [0.3, 0.4) is 0 Å². The molecule has 0 radical (unpaired) electrons. The molecular weight excluding hydrogens is 250 g/mol. The second-order valence-electron chi connectivity index (χ2n) is 5.52. The van der Waals surface area contributed by atoms with Gasteiger partial charge in [0.2, 0.25) is 10.0 Å². The highest BCUT2D eigenvalue weighted by atomic mass is 32.2. The first-order chi connectivity index (χ1) is 8.33. The first kappa shape index (κ1) is 13.4. The van der Waals surface area contributed by atoms with Crippen molar-refractivity contribution in [1.29, 1.82) is 0 Å². The molecular formula is C13H19NO3S. The lowest BCUT2D eigenvalue weighted by Crippen LogP contribution is -2.41. The summed E-state index contributed by atoms with van der Waals surface area (Å²) in [5.41, 5.74) is -0.0303. The Morgan fingerprint density at radius 3 is 2.56 bits per heavy atom. The summed E-state index contributed by atoms with van der Waals surface area (Å²) in [6.07, 6.45) is 2.89. The fourth-order valence-electron chi connectivity index (χ4n) is 2.48. The lowest BCUT2D eigenvalue weighted by Gasteiger charge is -2.27. The van der Waals surface area contributed by atoms with Gasteiger partial charge in [-0.25, -0.2) is 13.1 Å². The molecule has 1 saturated carbocycles. The van der Waals surface area contributed by atoms with Crippen LogP contribution >= 0.6 is 0 Å². The van der Waals surface area contributed by atoms with Gasteiger partial charge in [-0.05, 0) is 30.4 Å². The normalized spacial score (nSPS) is 23.1. The van der Waals surface area contributed by atoms with Crippen LogP contribution in [0.25, 0.3) is 0 Å². The Hall–Kier alpha value is -1.07. The zero-order valence-electron chi connectivity index (χ0n) is 10.7. The van der Waals surface area contributed by atoms with E-state index in [0.717, 1.165) is 19.3 Å². The van der Waals surface area contributed by atoms with E-state index in [1.54, 1.807) is 12.1 Å². The Balaban J connectivity index is 2.26. The maximum Gasteiger partial charge on any atom is 0.244 e. The number of phenols is 1. The molecule has 1 aliphatic carbocycles. The summed E-state index contributed by atoms with van der Waals surface area (Å²) in [6.45, 7) is 4.13. The first-order valence-electron chi connectivity index (χ1n) is 6.13. The second kappa shape index (κ2) is 4.55. The average Bonchev–Trinajstić information content (AvgIpc) is 2.58. The van der Waals surface area contributed by atoms with Gasteiger partial charge in [0.15, 0.2) is 0 Å². The molecule has 0 spiro atoms. The smallest absolute Gasteiger partial charge is 0.244 e. The quantitative estimate of drug-likeness (QED) is 0.884. The molecule has 1 unspecified atom stereocenters. The van der Waals surface area contributed by atoms with Crippen molar-refractivity contribution >= 4 is 10.0 Å². The Morgan fingerprint density at radius 2 is 2.00 bits per heavy atom. The van der Waals surface area contributed by atoms with Gasteiger partial charge in [0.25, 0.3) is 0 Å². The molecule has 1 aromatic rings. The molecule has 1 fully saturated rings. The van der Waals surface area contributed by atoms with Crippen LogP contribution in [0.4, 0.5) is 0 Å². The summed E-state index contributed by atoms with van der Waals surface area (Å²) >= 11 is 0. The molecule has 0 heterocycles. The van der Waals surface area contributed by atoms with E-state index in [4.69, 9.17) is 0 Å². The number of sulfonamides is 1. The number of nitrogens with one attached hydrogen (secondary N) is 1. The van der Waals surface area contributed by atoms with Gasteiger partial charge >= 0.3 is 0 Å². The number of para-hydroxylation sites is 1. The van der Waals surface area contributed by atoms with Crippen LogP contribution in [0, 0.1) is 5.41 Å². The topological polar surface area (TPSA) is 66.4 Å². The minimum absolute atomic E-state index is 0.0303. The van der Waals surface area contributed by atoms with Crippen molar-refractivity contribution in [2.75, 3.05) is 0 Å². The van der Waals surface area contributed by atoms with Crippen LogP contribution in [0.1, 0.15) is 33.1 Å². The molecule has 0 aromatic heterocycles. The van der Waals surface area contributed by atoms with Crippen LogP contribution in [-0.4, -0.2) is 19.6 Å². The molecule has 0 amide bonds. The highest BCUT2D eigenvalue weighted by Crippen LogP contribution is 2.38. The third-order valence-corrected chi connectivity index (χ3v) is 5.23. The van der Waals surface area contributed by atoms with Gasteiger partial charge in [0.05, 0.1) is 0 Å². The maximum atomic E-state index is 12.2. The Morgan fingerprint density at radius 1 is 1.33 bits per heavy atom. The Bertz CT molecular complexity index is 537.